The first-order valence-corrected chi connectivity index (χ1v) is 9.36. The van der Waals surface area contributed by atoms with Crippen molar-refractivity contribution in [2.45, 2.75) is 39.2 Å². The summed E-state index contributed by atoms with van der Waals surface area (Å²) in [6.07, 6.45) is 6.55. The molecule has 0 saturated heterocycles. The Labute approximate surface area is 162 Å². The van der Waals surface area contributed by atoms with Crippen LogP contribution in [0.4, 0.5) is 15.9 Å². The molecule has 0 bridgehead atoms. The summed E-state index contributed by atoms with van der Waals surface area (Å²) in [5.41, 5.74) is 7.26. The highest BCUT2D eigenvalue weighted by Crippen LogP contribution is 2.37. The summed E-state index contributed by atoms with van der Waals surface area (Å²) in [7, 11) is -1.16. The van der Waals surface area contributed by atoms with Crippen molar-refractivity contribution in [3.05, 3.63) is 40.7 Å². The summed E-state index contributed by atoms with van der Waals surface area (Å²) >= 11 is 0. The number of benzene rings is 1. The average molecular weight is 384 g/mol. The summed E-state index contributed by atoms with van der Waals surface area (Å²) in [4.78, 5) is 11.9. The lowest BCUT2D eigenvalue weighted by molar-refractivity contribution is 0.100. The quantitative estimate of drug-likeness (QED) is 0.704. The van der Waals surface area contributed by atoms with Gasteiger partial charge < -0.3 is 20.7 Å². The normalized spacial score (nSPS) is 21.1. The van der Waals surface area contributed by atoms with Crippen LogP contribution < -0.4 is 15.7 Å². The summed E-state index contributed by atoms with van der Waals surface area (Å²) in [6.45, 7) is 3.86. The molecule has 28 heavy (non-hydrogen) atoms. The van der Waals surface area contributed by atoms with Gasteiger partial charge in [0.2, 0.25) is 0 Å². The van der Waals surface area contributed by atoms with Crippen LogP contribution in [-0.2, 0) is 0 Å². The van der Waals surface area contributed by atoms with Gasteiger partial charge in [0, 0.05) is 23.5 Å². The predicted molar refractivity (Wildman–Crippen MR) is 105 cm³/mol. The number of anilines is 2. The molecule has 0 unspecified atom stereocenters. The molecule has 1 amide bonds. The van der Waals surface area contributed by atoms with Crippen molar-refractivity contribution in [3.63, 3.8) is 0 Å². The Morgan fingerprint density at radius 1 is 1.46 bits per heavy atom. The van der Waals surface area contributed by atoms with Crippen molar-refractivity contribution < 1.29 is 18.9 Å². The smallest absolute Gasteiger partial charge is 0.530 e. The molecule has 9 heteroatoms. The number of primary amides is 1. The molecular formula is C19H22BFN4O3. The van der Waals surface area contributed by atoms with Crippen LogP contribution in [0.15, 0.2) is 23.8 Å². The van der Waals surface area contributed by atoms with E-state index in [1.54, 1.807) is 29.9 Å². The number of halogens is 1. The number of amides is 1. The lowest BCUT2D eigenvalue weighted by Gasteiger charge is -2.20. The van der Waals surface area contributed by atoms with E-state index in [0.717, 1.165) is 19.3 Å². The molecule has 4 N–H and O–H groups in total. The molecule has 0 spiro atoms. The van der Waals surface area contributed by atoms with Gasteiger partial charge in [-0.3, -0.25) is 9.48 Å². The molecule has 0 radical (unpaired) electrons. The van der Waals surface area contributed by atoms with E-state index in [2.05, 4.69) is 17.3 Å². The second kappa shape index (κ2) is 6.98. The summed E-state index contributed by atoms with van der Waals surface area (Å²) in [5.74, 6) is -0.467. The maximum Gasteiger partial charge on any atom is 0.555 e. The minimum Gasteiger partial charge on any atom is -0.530 e. The molecular weight excluding hydrogens is 362 g/mol. The minimum absolute atomic E-state index is 0.0101. The fraction of sp³-hybridized carbons (Fsp3) is 0.368. The number of allylic oxidation sites excluding steroid dienone is 1. The molecule has 2 aromatic rings. The first-order chi connectivity index (χ1) is 13.3. The molecule has 2 aliphatic rings. The number of aromatic nitrogens is 2. The number of fused-ring (bicyclic) bond motifs is 1. The Bertz CT molecular complexity index is 974. The molecule has 7 nitrogen and oxygen atoms in total. The Kier molecular flexibility index (Phi) is 4.62. The molecule has 2 atom stereocenters. The second-order valence-electron chi connectivity index (χ2n) is 7.57. The number of nitrogens with one attached hydrogen (secondary N) is 1. The van der Waals surface area contributed by atoms with Gasteiger partial charge in [-0.25, -0.2) is 4.39 Å². The van der Waals surface area contributed by atoms with Crippen LogP contribution >= 0.6 is 0 Å². The van der Waals surface area contributed by atoms with E-state index < -0.39 is 18.8 Å². The van der Waals surface area contributed by atoms with Crippen LogP contribution in [0.3, 0.4) is 0 Å². The molecule has 1 saturated carbocycles. The van der Waals surface area contributed by atoms with Crippen molar-refractivity contribution in [2.75, 3.05) is 5.32 Å². The third-order valence-electron chi connectivity index (χ3n) is 5.49. The summed E-state index contributed by atoms with van der Waals surface area (Å²) in [5, 5.41) is 17.3. The Morgan fingerprint density at radius 2 is 2.25 bits per heavy atom. The average Bonchev–Trinajstić information content (AvgIpc) is 3.23. The lowest BCUT2D eigenvalue weighted by atomic mass is 9.76. The third kappa shape index (κ3) is 3.26. The standard InChI is InChI=1S/C19H22BFN4O3/c1-10-4-3-5-16(10)25-9-14(18(22)26)19(24-25)23-13-7-12-6-11(2)20(27)28-17(12)15(21)8-13/h6-10,16,27H,3-5H2,1-2H3,(H2,22,26)(H,23,24)/t10-,16-/m0/s1. The molecule has 1 fully saturated rings. The van der Waals surface area contributed by atoms with Crippen LogP contribution in [0.5, 0.6) is 5.75 Å². The van der Waals surface area contributed by atoms with Gasteiger partial charge in [-0.1, -0.05) is 19.4 Å². The molecule has 146 valence electrons. The first-order valence-electron chi connectivity index (χ1n) is 9.36. The van der Waals surface area contributed by atoms with Crippen LogP contribution in [0.2, 0.25) is 0 Å². The van der Waals surface area contributed by atoms with Gasteiger partial charge in [0.25, 0.3) is 5.91 Å². The van der Waals surface area contributed by atoms with E-state index in [-0.39, 0.29) is 17.4 Å². The van der Waals surface area contributed by atoms with Crippen LogP contribution in [0, 0.1) is 11.7 Å². The highest BCUT2D eigenvalue weighted by atomic mass is 19.1. The second-order valence-corrected chi connectivity index (χ2v) is 7.57. The van der Waals surface area contributed by atoms with Crippen LogP contribution in [0.1, 0.15) is 55.1 Å². The highest BCUT2D eigenvalue weighted by Gasteiger charge is 2.29. The molecule has 4 rings (SSSR count). The van der Waals surface area contributed by atoms with Gasteiger partial charge >= 0.3 is 7.12 Å². The number of carbonyl (C=O) groups is 1. The number of hydrogen-bond donors (Lipinski definition) is 3. The maximum absolute atomic E-state index is 14.5. The Morgan fingerprint density at radius 3 is 2.93 bits per heavy atom. The number of nitrogens with zero attached hydrogens (tertiary/aromatic N) is 2. The van der Waals surface area contributed by atoms with Gasteiger partial charge in [-0.15, -0.1) is 0 Å². The Balaban J connectivity index is 1.68. The van der Waals surface area contributed by atoms with Crippen molar-refractivity contribution in [1.29, 1.82) is 0 Å². The van der Waals surface area contributed by atoms with E-state index in [0.29, 0.717) is 28.5 Å². The fourth-order valence-corrected chi connectivity index (χ4v) is 3.93. The topological polar surface area (TPSA) is 102 Å². The van der Waals surface area contributed by atoms with Crippen molar-refractivity contribution >= 4 is 30.6 Å². The Hall–Kier alpha value is -2.81. The van der Waals surface area contributed by atoms with Gasteiger partial charge in [0.15, 0.2) is 11.6 Å². The molecule has 1 aliphatic heterocycles. The monoisotopic (exact) mass is 384 g/mol. The fourth-order valence-electron chi connectivity index (χ4n) is 3.93. The first kappa shape index (κ1) is 18.6. The predicted octanol–water partition coefficient (Wildman–Crippen LogP) is 3.04. The summed E-state index contributed by atoms with van der Waals surface area (Å²) in [6, 6.07) is 3.13. The number of rotatable bonds is 4. The van der Waals surface area contributed by atoms with Gasteiger partial charge in [0.05, 0.1) is 6.04 Å². The largest absolute Gasteiger partial charge is 0.555 e. The van der Waals surface area contributed by atoms with Gasteiger partial charge in [0.1, 0.15) is 11.3 Å². The van der Waals surface area contributed by atoms with Gasteiger partial charge in [-0.2, -0.15) is 5.10 Å². The minimum atomic E-state index is -1.16. The zero-order valence-corrected chi connectivity index (χ0v) is 15.8. The van der Waals surface area contributed by atoms with E-state index in [9.17, 15) is 14.2 Å². The van der Waals surface area contributed by atoms with Crippen LogP contribution in [-0.4, -0.2) is 27.8 Å². The van der Waals surface area contributed by atoms with E-state index >= 15 is 0 Å². The number of carbonyl (C=O) groups excluding carboxylic acids is 1. The molecule has 1 aromatic heterocycles. The van der Waals surface area contributed by atoms with E-state index in [1.807, 2.05) is 0 Å². The van der Waals surface area contributed by atoms with E-state index in [1.165, 1.54) is 6.07 Å². The zero-order valence-electron chi connectivity index (χ0n) is 15.8. The summed E-state index contributed by atoms with van der Waals surface area (Å²) < 4.78 is 21.5. The zero-order chi connectivity index (χ0) is 20.0. The van der Waals surface area contributed by atoms with Crippen molar-refractivity contribution in [1.82, 2.24) is 9.78 Å². The number of hydrogen-bond acceptors (Lipinski definition) is 5. The molecule has 1 aliphatic carbocycles. The highest BCUT2D eigenvalue weighted by molar-refractivity contribution is 6.54. The van der Waals surface area contributed by atoms with Crippen molar-refractivity contribution in [2.24, 2.45) is 11.7 Å². The maximum atomic E-state index is 14.5. The number of nitrogens with two attached hydrogens (primary N) is 1. The van der Waals surface area contributed by atoms with E-state index in [4.69, 9.17) is 10.4 Å². The third-order valence-corrected chi connectivity index (χ3v) is 5.49. The van der Waals surface area contributed by atoms with Crippen molar-refractivity contribution in [3.8, 4) is 5.75 Å². The molecule has 2 heterocycles. The molecule has 1 aromatic carbocycles. The SMILES string of the molecule is CC1=Cc2cc(Nc3nn([C@H]4CCC[C@@H]4C)cc3C(N)=O)cc(F)c2OB1O. The van der Waals surface area contributed by atoms with Crippen LogP contribution in [0.25, 0.3) is 6.08 Å². The lowest BCUT2D eigenvalue weighted by Crippen LogP contribution is -2.27. The van der Waals surface area contributed by atoms with Gasteiger partial charge in [-0.05, 0) is 37.2 Å².